The minimum Gasteiger partial charge on any atom is -0.394 e. The van der Waals surface area contributed by atoms with E-state index in [-0.39, 0.29) is 12.4 Å². The average Bonchev–Trinajstić information content (AvgIpc) is 3.33. The molecule has 4 rings (SSSR count). The third-order valence-corrected chi connectivity index (χ3v) is 5.19. The van der Waals surface area contributed by atoms with Crippen LogP contribution in [0, 0.1) is 0 Å². The van der Waals surface area contributed by atoms with E-state index in [1.165, 1.54) is 17.2 Å². The Morgan fingerprint density at radius 2 is 1.83 bits per heavy atom. The lowest BCUT2D eigenvalue weighted by atomic mass is 10.0. The molecule has 1 fully saturated rings. The zero-order valence-electron chi connectivity index (χ0n) is 15.9. The molecule has 11 heteroatoms. The van der Waals surface area contributed by atoms with Crippen molar-refractivity contribution in [1.82, 2.24) is 19.5 Å². The summed E-state index contributed by atoms with van der Waals surface area (Å²) in [7, 11) is 0. The first-order valence-electron chi connectivity index (χ1n) is 9.45. The number of anilines is 1. The largest absolute Gasteiger partial charge is 0.394 e. The average molecular weight is 417 g/mol. The van der Waals surface area contributed by atoms with Crippen molar-refractivity contribution in [2.75, 3.05) is 18.5 Å². The summed E-state index contributed by atoms with van der Waals surface area (Å²) in [5.74, 6) is 0.277. The van der Waals surface area contributed by atoms with E-state index in [2.05, 4.69) is 20.3 Å². The van der Waals surface area contributed by atoms with Crippen molar-refractivity contribution in [2.24, 2.45) is 0 Å². The normalized spacial score (nSPS) is 26.0. The fraction of sp³-hybridized carbons (Fsp3) is 0.421. The molecule has 6 atom stereocenters. The molecule has 3 heterocycles. The molecule has 160 valence electrons. The van der Waals surface area contributed by atoms with E-state index in [9.17, 15) is 25.5 Å². The highest BCUT2D eigenvalue weighted by Crippen LogP contribution is 2.32. The Balaban J connectivity index is 1.62. The number of aromatic nitrogens is 4. The van der Waals surface area contributed by atoms with Crippen molar-refractivity contribution >= 4 is 17.0 Å². The topological polar surface area (TPSA) is 166 Å². The molecule has 0 amide bonds. The molecule has 4 unspecified atom stereocenters. The minimum absolute atomic E-state index is 0.277. The number of hydrogen-bond acceptors (Lipinski definition) is 10. The summed E-state index contributed by atoms with van der Waals surface area (Å²) in [5, 5.41) is 53.0. The molecular weight excluding hydrogens is 394 g/mol. The smallest absolute Gasteiger partial charge is 0.167 e. The SMILES string of the molecule is OCC1OC(n2cnc3c(N[C@@H](CO)[C@@H](O)c4ccccc4)ncnc32)C(O)C1O. The van der Waals surface area contributed by atoms with Crippen molar-refractivity contribution < 1.29 is 30.3 Å². The van der Waals surface area contributed by atoms with Crippen LogP contribution in [0.25, 0.3) is 11.2 Å². The third-order valence-electron chi connectivity index (χ3n) is 5.19. The second-order valence-corrected chi connectivity index (χ2v) is 7.06. The highest BCUT2D eigenvalue weighted by atomic mass is 16.6. The van der Waals surface area contributed by atoms with Crippen LogP contribution in [-0.2, 0) is 4.74 Å². The van der Waals surface area contributed by atoms with Crippen molar-refractivity contribution in [3.05, 3.63) is 48.5 Å². The van der Waals surface area contributed by atoms with E-state index in [1.54, 1.807) is 24.3 Å². The van der Waals surface area contributed by atoms with Gasteiger partial charge >= 0.3 is 0 Å². The molecule has 0 radical (unpaired) electrons. The van der Waals surface area contributed by atoms with Gasteiger partial charge in [0.25, 0.3) is 0 Å². The molecular formula is C19H23N5O6. The lowest BCUT2D eigenvalue weighted by Gasteiger charge is -2.23. The predicted octanol–water partition coefficient (Wildman–Crippen LogP) is -1.06. The number of nitrogens with zero attached hydrogens (tertiary/aromatic N) is 4. The predicted molar refractivity (Wildman–Crippen MR) is 104 cm³/mol. The quantitative estimate of drug-likeness (QED) is 0.279. The van der Waals surface area contributed by atoms with Gasteiger partial charge in [0.05, 0.1) is 25.6 Å². The second-order valence-electron chi connectivity index (χ2n) is 7.06. The summed E-state index contributed by atoms with van der Waals surface area (Å²) in [5.41, 5.74) is 1.27. The van der Waals surface area contributed by atoms with Crippen LogP contribution in [-0.4, -0.2) is 82.6 Å². The number of ether oxygens (including phenoxy) is 1. The van der Waals surface area contributed by atoms with Gasteiger partial charge in [0.1, 0.15) is 30.7 Å². The molecule has 0 saturated carbocycles. The zero-order chi connectivity index (χ0) is 21.3. The van der Waals surface area contributed by atoms with Crippen molar-refractivity contribution in [1.29, 1.82) is 0 Å². The lowest BCUT2D eigenvalue weighted by Crippen LogP contribution is -2.33. The fourth-order valence-corrected chi connectivity index (χ4v) is 3.54. The van der Waals surface area contributed by atoms with Gasteiger partial charge in [0, 0.05) is 0 Å². The van der Waals surface area contributed by atoms with Crippen LogP contribution in [0.1, 0.15) is 17.9 Å². The summed E-state index contributed by atoms with van der Waals surface area (Å²) in [6, 6.07) is 8.15. The molecule has 0 aliphatic carbocycles. The van der Waals surface area contributed by atoms with Crippen LogP contribution in [0.15, 0.2) is 43.0 Å². The van der Waals surface area contributed by atoms with E-state index in [1.807, 2.05) is 6.07 Å². The van der Waals surface area contributed by atoms with E-state index in [4.69, 9.17) is 4.74 Å². The van der Waals surface area contributed by atoms with Gasteiger partial charge in [-0.2, -0.15) is 0 Å². The Morgan fingerprint density at radius 1 is 1.07 bits per heavy atom. The van der Waals surface area contributed by atoms with Crippen molar-refractivity contribution in [3.63, 3.8) is 0 Å². The standard InChI is InChI=1S/C19H23N5O6/c25-6-11(14(27)10-4-2-1-3-5-10)23-17-13-18(21-8-20-17)24(9-22-13)19-16(29)15(28)12(7-26)30-19/h1-5,8-9,11-12,14-16,19,25-29H,6-7H2,(H,20,21,23)/t11-,12?,14-,15?,16?,19?/m0/s1. The second kappa shape index (κ2) is 8.60. The summed E-state index contributed by atoms with van der Waals surface area (Å²) in [4.78, 5) is 12.6. The van der Waals surface area contributed by atoms with Crippen molar-refractivity contribution in [2.45, 2.75) is 36.7 Å². The fourth-order valence-electron chi connectivity index (χ4n) is 3.54. The number of aliphatic hydroxyl groups is 5. The Bertz CT molecular complexity index is 986. The highest BCUT2D eigenvalue weighted by Gasteiger charge is 2.44. The van der Waals surface area contributed by atoms with Crippen LogP contribution in [0.3, 0.4) is 0 Å². The number of fused-ring (bicyclic) bond motifs is 1. The van der Waals surface area contributed by atoms with Crippen molar-refractivity contribution in [3.8, 4) is 0 Å². The Kier molecular flexibility index (Phi) is 5.90. The first-order valence-corrected chi connectivity index (χ1v) is 9.45. The molecule has 0 spiro atoms. The molecule has 2 aromatic heterocycles. The number of benzene rings is 1. The highest BCUT2D eigenvalue weighted by molar-refractivity contribution is 5.82. The van der Waals surface area contributed by atoms with Crippen LogP contribution in [0.4, 0.5) is 5.82 Å². The van der Waals surface area contributed by atoms with E-state index < -0.39 is 43.3 Å². The molecule has 3 aromatic rings. The number of hydrogen-bond donors (Lipinski definition) is 6. The Morgan fingerprint density at radius 3 is 2.50 bits per heavy atom. The summed E-state index contributed by atoms with van der Waals surface area (Å²) < 4.78 is 6.98. The van der Waals surface area contributed by atoms with Gasteiger partial charge in [-0.1, -0.05) is 30.3 Å². The van der Waals surface area contributed by atoms with Crippen LogP contribution in [0.5, 0.6) is 0 Å². The van der Waals surface area contributed by atoms with Crippen LogP contribution < -0.4 is 5.32 Å². The number of imidazole rings is 1. The van der Waals surface area contributed by atoms with Gasteiger partial charge < -0.3 is 35.6 Å². The lowest BCUT2D eigenvalue weighted by molar-refractivity contribution is -0.0511. The molecule has 11 nitrogen and oxygen atoms in total. The maximum absolute atomic E-state index is 10.6. The van der Waals surface area contributed by atoms with E-state index >= 15 is 0 Å². The van der Waals surface area contributed by atoms with Gasteiger partial charge in [0.2, 0.25) is 0 Å². The molecule has 1 aliphatic rings. The Hall–Kier alpha value is -2.67. The molecule has 1 aromatic carbocycles. The van der Waals surface area contributed by atoms with E-state index in [0.717, 1.165) is 0 Å². The summed E-state index contributed by atoms with van der Waals surface area (Å²) in [6.07, 6.45) is -2.80. The minimum atomic E-state index is -1.28. The molecule has 6 N–H and O–H groups in total. The van der Waals surface area contributed by atoms with E-state index in [0.29, 0.717) is 16.7 Å². The maximum Gasteiger partial charge on any atom is 0.167 e. The molecule has 1 aliphatic heterocycles. The van der Waals surface area contributed by atoms with Crippen LogP contribution in [0.2, 0.25) is 0 Å². The van der Waals surface area contributed by atoms with Gasteiger partial charge in [-0.15, -0.1) is 0 Å². The summed E-state index contributed by atoms with van der Waals surface area (Å²) >= 11 is 0. The molecule has 30 heavy (non-hydrogen) atoms. The van der Waals surface area contributed by atoms with Gasteiger partial charge in [-0.05, 0) is 5.56 Å². The number of aliphatic hydroxyl groups excluding tert-OH is 5. The molecule has 1 saturated heterocycles. The van der Waals surface area contributed by atoms with Gasteiger partial charge in [0.15, 0.2) is 23.2 Å². The Labute approximate surface area is 171 Å². The van der Waals surface area contributed by atoms with Crippen LogP contribution >= 0.6 is 0 Å². The number of nitrogens with one attached hydrogen (secondary N) is 1. The maximum atomic E-state index is 10.6. The summed E-state index contributed by atoms with van der Waals surface area (Å²) in [6.45, 7) is -0.810. The van der Waals surface area contributed by atoms with Gasteiger partial charge in [-0.3, -0.25) is 4.57 Å². The first-order chi connectivity index (χ1) is 14.5. The third kappa shape index (κ3) is 3.62. The monoisotopic (exact) mass is 417 g/mol. The zero-order valence-corrected chi connectivity index (χ0v) is 15.9. The first kappa shape index (κ1) is 20.6. The van der Waals surface area contributed by atoms with Gasteiger partial charge in [-0.25, -0.2) is 15.0 Å². The molecule has 0 bridgehead atoms. The number of rotatable bonds is 7.